The number of rotatable bonds is 4. The highest BCUT2D eigenvalue weighted by atomic mass is 32.2. The second-order valence-corrected chi connectivity index (χ2v) is 9.28. The summed E-state index contributed by atoms with van der Waals surface area (Å²) >= 11 is 1.66. The Kier molecular flexibility index (Phi) is 5.23. The lowest BCUT2D eigenvalue weighted by Gasteiger charge is -2.18. The highest BCUT2D eigenvalue weighted by molar-refractivity contribution is 7.99. The molecule has 3 aromatic rings. The summed E-state index contributed by atoms with van der Waals surface area (Å²) in [4.78, 5) is 28.8. The number of pyridine rings is 1. The van der Waals surface area contributed by atoms with E-state index in [1.165, 1.54) is 0 Å². The number of hydrogen-bond acceptors (Lipinski definition) is 5. The van der Waals surface area contributed by atoms with Crippen LogP contribution in [0.15, 0.2) is 92.8 Å². The van der Waals surface area contributed by atoms with Crippen LogP contribution in [0.5, 0.6) is 0 Å². The Labute approximate surface area is 191 Å². The third-order valence-corrected chi connectivity index (χ3v) is 6.73. The Morgan fingerprint density at radius 3 is 2.78 bits per heavy atom. The maximum Gasteiger partial charge on any atom is 0.251 e. The molecule has 2 aliphatic rings. The fourth-order valence-electron chi connectivity index (χ4n) is 3.74. The van der Waals surface area contributed by atoms with Gasteiger partial charge in [0.2, 0.25) is 0 Å². The average molecular weight is 439 g/mol. The smallest absolute Gasteiger partial charge is 0.251 e. The molecule has 1 N–H and O–H groups in total. The van der Waals surface area contributed by atoms with E-state index in [1.807, 2.05) is 68.6 Å². The van der Waals surface area contributed by atoms with E-state index in [0.717, 1.165) is 38.0 Å². The van der Waals surface area contributed by atoms with Gasteiger partial charge < -0.3 is 5.32 Å². The lowest BCUT2D eigenvalue weighted by molar-refractivity contribution is 0.0947. The first-order valence-corrected chi connectivity index (χ1v) is 11.3. The van der Waals surface area contributed by atoms with E-state index in [9.17, 15) is 4.79 Å². The normalized spacial score (nSPS) is 18.5. The molecule has 0 bridgehead atoms. The van der Waals surface area contributed by atoms with Gasteiger partial charge in [-0.1, -0.05) is 42.1 Å². The van der Waals surface area contributed by atoms with Crippen molar-refractivity contribution in [3.05, 3.63) is 95.5 Å². The largest absolute Gasteiger partial charge is 0.351 e. The molecule has 1 aromatic heterocycles. The highest BCUT2D eigenvalue weighted by Gasteiger charge is 2.24. The SMILES string of the molecule is Cc1cccnc1C1=Nc2cc(C(=O)NCC3(C)C=CN=C3)ccc2Sc2ccccc21. The van der Waals surface area contributed by atoms with Crippen molar-refractivity contribution < 1.29 is 4.79 Å². The van der Waals surface area contributed by atoms with Gasteiger partial charge in [-0.15, -0.1) is 0 Å². The van der Waals surface area contributed by atoms with Gasteiger partial charge in [0.25, 0.3) is 5.91 Å². The van der Waals surface area contributed by atoms with Crippen LogP contribution in [0, 0.1) is 12.3 Å². The van der Waals surface area contributed by atoms with Gasteiger partial charge in [-0.25, -0.2) is 4.99 Å². The van der Waals surface area contributed by atoms with Crippen molar-refractivity contribution >= 4 is 35.3 Å². The molecule has 3 heterocycles. The van der Waals surface area contributed by atoms with Crippen LogP contribution < -0.4 is 5.32 Å². The number of aryl methyl sites for hydroxylation is 1. The molecule has 158 valence electrons. The van der Waals surface area contributed by atoms with Crippen molar-refractivity contribution in [2.24, 2.45) is 15.4 Å². The van der Waals surface area contributed by atoms with Gasteiger partial charge in [-0.2, -0.15) is 0 Å². The van der Waals surface area contributed by atoms with Gasteiger partial charge in [0, 0.05) is 51.5 Å². The summed E-state index contributed by atoms with van der Waals surface area (Å²) < 4.78 is 0. The summed E-state index contributed by atoms with van der Waals surface area (Å²) in [6, 6.07) is 17.9. The number of benzene rings is 2. The Balaban J connectivity index is 1.53. The minimum atomic E-state index is -0.249. The molecule has 0 aliphatic carbocycles. The van der Waals surface area contributed by atoms with Crippen LogP contribution in [0.3, 0.4) is 0 Å². The zero-order chi connectivity index (χ0) is 22.1. The van der Waals surface area contributed by atoms with Crippen LogP contribution in [-0.4, -0.2) is 29.4 Å². The molecule has 0 saturated carbocycles. The van der Waals surface area contributed by atoms with E-state index in [1.54, 1.807) is 24.2 Å². The number of aliphatic imine (C=N–C) groups is 2. The number of nitrogens with zero attached hydrogens (tertiary/aromatic N) is 3. The van der Waals surface area contributed by atoms with Crippen LogP contribution in [0.2, 0.25) is 0 Å². The van der Waals surface area contributed by atoms with Crippen molar-refractivity contribution in [3.63, 3.8) is 0 Å². The molecule has 2 aliphatic heterocycles. The van der Waals surface area contributed by atoms with Crippen LogP contribution in [0.1, 0.15) is 34.1 Å². The quantitative estimate of drug-likeness (QED) is 0.467. The molecule has 1 amide bonds. The first kappa shape index (κ1) is 20.4. The van der Waals surface area contributed by atoms with Gasteiger partial charge in [-0.05, 0) is 49.7 Å². The number of nitrogens with one attached hydrogen (secondary N) is 1. The summed E-state index contributed by atoms with van der Waals surface area (Å²) in [6.07, 6.45) is 7.39. The Bertz CT molecular complexity index is 1300. The molecule has 5 nitrogen and oxygen atoms in total. The molecule has 0 radical (unpaired) electrons. The summed E-state index contributed by atoms with van der Waals surface area (Å²) in [5.41, 5.74) is 4.88. The third-order valence-electron chi connectivity index (χ3n) is 5.59. The van der Waals surface area contributed by atoms with Gasteiger partial charge in [0.05, 0.1) is 17.1 Å². The predicted octanol–water partition coefficient (Wildman–Crippen LogP) is 5.36. The first-order chi connectivity index (χ1) is 15.5. The van der Waals surface area contributed by atoms with E-state index in [-0.39, 0.29) is 11.3 Å². The molecule has 0 spiro atoms. The second-order valence-electron chi connectivity index (χ2n) is 8.19. The maximum absolute atomic E-state index is 12.9. The molecule has 1 unspecified atom stereocenters. The zero-order valence-electron chi connectivity index (χ0n) is 17.9. The minimum Gasteiger partial charge on any atom is -0.351 e. The van der Waals surface area contributed by atoms with E-state index in [0.29, 0.717) is 12.1 Å². The standard InChI is InChI=1S/C26H22N4OS/c1-17-6-5-12-28-23(17)24-19-7-3-4-8-21(19)32-22-10-9-18(14-20(22)30-24)25(31)29-16-26(2)11-13-27-15-26/h3-15H,16H2,1-2H3,(H,29,31). The molecule has 0 fully saturated rings. The number of hydrogen-bond donors (Lipinski definition) is 1. The highest BCUT2D eigenvalue weighted by Crippen LogP contribution is 2.41. The second kappa shape index (κ2) is 8.20. The Morgan fingerprint density at radius 2 is 1.97 bits per heavy atom. The molecule has 0 saturated heterocycles. The topological polar surface area (TPSA) is 66.7 Å². The number of aromatic nitrogens is 1. The van der Waals surface area contributed by atoms with Crippen molar-refractivity contribution in [1.82, 2.24) is 10.3 Å². The molecule has 6 heteroatoms. The third kappa shape index (κ3) is 3.89. The van der Waals surface area contributed by atoms with E-state index in [2.05, 4.69) is 27.4 Å². The van der Waals surface area contributed by atoms with Crippen molar-refractivity contribution in [1.29, 1.82) is 0 Å². The summed E-state index contributed by atoms with van der Waals surface area (Å²) in [5.74, 6) is -0.125. The Hall–Kier alpha value is -3.51. The summed E-state index contributed by atoms with van der Waals surface area (Å²) in [6.45, 7) is 4.57. The van der Waals surface area contributed by atoms with Gasteiger partial charge in [0.15, 0.2) is 0 Å². The number of amides is 1. The lowest BCUT2D eigenvalue weighted by Crippen LogP contribution is -2.34. The molecule has 5 rings (SSSR count). The number of carbonyl (C=O) groups is 1. The summed E-state index contributed by atoms with van der Waals surface area (Å²) in [5, 5.41) is 3.02. The average Bonchev–Trinajstić information content (AvgIpc) is 3.17. The van der Waals surface area contributed by atoms with Crippen molar-refractivity contribution in [3.8, 4) is 0 Å². The zero-order valence-corrected chi connectivity index (χ0v) is 18.7. The first-order valence-electron chi connectivity index (χ1n) is 10.4. The van der Waals surface area contributed by atoms with Gasteiger partial charge >= 0.3 is 0 Å². The molecule has 2 aromatic carbocycles. The van der Waals surface area contributed by atoms with Crippen LogP contribution in [0.4, 0.5) is 5.69 Å². The fraction of sp³-hybridized carbons (Fsp3) is 0.154. The van der Waals surface area contributed by atoms with Crippen molar-refractivity contribution in [2.75, 3.05) is 6.54 Å². The molecule has 32 heavy (non-hydrogen) atoms. The molecule has 1 atom stereocenters. The Morgan fingerprint density at radius 1 is 1.09 bits per heavy atom. The number of fused-ring (bicyclic) bond motifs is 2. The fourth-order valence-corrected chi connectivity index (χ4v) is 4.75. The lowest BCUT2D eigenvalue weighted by atomic mass is 9.93. The van der Waals surface area contributed by atoms with Crippen LogP contribution in [0.25, 0.3) is 0 Å². The van der Waals surface area contributed by atoms with Gasteiger partial charge in [0.1, 0.15) is 0 Å². The maximum atomic E-state index is 12.9. The summed E-state index contributed by atoms with van der Waals surface area (Å²) in [7, 11) is 0. The van der Waals surface area contributed by atoms with Crippen molar-refractivity contribution in [2.45, 2.75) is 23.6 Å². The van der Waals surface area contributed by atoms with E-state index < -0.39 is 0 Å². The minimum absolute atomic E-state index is 0.125. The van der Waals surface area contributed by atoms with Crippen LogP contribution >= 0.6 is 11.8 Å². The predicted molar refractivity (Wildman–Crippen MR) is 129 cm³/mol. The molecular weight excluding hydrogens is 416 g/mol. The van der Waals surface area contributed by atoms with Crippen LogP contribution in [-0.2, 0) is 0 Å². The van der Waals surface area contributed by atoms with E-state index >= 15 is 0 Å². The van der Waals surface area contributed by atoms with Gasteiger partial charge in [-0.3, -0.25) is 14.8 Å². The van der Waals surface area contributed by atoms with E-state index in [4.69, 9.17) is 4.99 Å². The monoisotopic (exact) mass is 438 g/mol. The number of carbonyl (C=O) groups excluding carboxylic acids is 1. The molecular formula is C26H22N4OS.